The predicted octanol–water partition coefficient (Wildman–Crippen LogP) is 2.79. The van der Waals surface area contributed by atoms with Crippen molar-refractivity contribution in [2.75, 3.05) is 5.75 Å². The van der Waals surface area contributed by atoms with E-state index in [4.69, 9.17) is 11.6 Å². The highest BCUT2D eigenvalue weighted by molar-refractivity contribution is 7.92. The number of hydrogen-bond donors (Lipinski definition) is 0. The van der Waals surface area contributed by atoms with Gasteiger partial charge in [-0.3, -0.25) is 4.68 Å². The molecule has 4 nitrogen and oxygen atoms in total. The Morgan fingerprint density at radius 3 is 2.56 bits per heavy atom. The van der Waals surface area contributed by atoms with Crippen molar-refractivity contribution in [1.29, 1.82) is 0 Å². The molecule has 0 aromatic carbocycles. The molecule has 1 unspecified atom stereocenters. The molecule has 0 aliphatic heterocycles. The first-order valence-electron chi connectivity index (χ1n) is 6.06. The zero-order valence-corrected chi connectivity index (χ0v) is 12.9. The van der Waals surface area contributed by atoms with E-state index in [1.807, 2.05) is 13.1 Å². The molecule has 0 fully saturated rings. The van der Waals surface area contributed by atoms with Crippen LogP contribution in [0.1, 0.15) is 45.1 Å². The molecule has 6 heteroatoms. The molecular formula is C12H21ClN2O2S. The van der Waals surface area contributed by atoms with Gasteiger partial charge in [-0.15, -0.1) is 11.6 Å². The summed E-state index contributed by atoms with van der Waals surface area (Å²) >= 11 is 6.10. The first kappa shape index (κ1) is 15.5. The largest absolute Gasteiger partial charge is 0.271 e. The van der Waals surface area contributed by atoms with Crippen LogP contribution in [0.3, 0.4) is 0 Å². The van der Waals surface area contributed by atoms with E-state index >= 15 is 0 Å². The van der Waals surface area contributed by atoms with Crippen molar-refractivity contribution >= 4 is 21.4 Å². The molecule has 104 valence electrons. The van der Waals surface area contributed by atoms with Crippen molar-refractivity contribution in [1.82, 2.24) is 9.78 Å². The van der Waals surface area contributed by atoms with Crippen molar-refractivity contribution in [3.05, 3.63) is 18.0 Å². The average molecular weight is 293 g/mol. The van der Waals surface area contributed by atoms with Gasteiger partial charge in [-0.05, 0) is 27.2 Å². The summed E-state index contributed by atoms with van der Waals surface area (Å²) in [5.41, 5.74) is 0.937. The van der Waals surface area contributed by atoms with Crippen molar-refractivity contribution < 1.29 is 8.42 Å². The lowest BCUT2D eigenvalue weighted by Crippen LogP contribution is -2.32. The maximum absolute atomic E-state index is 12.0. The summed E-state index contributed by atoms with van der Waals surface area (Å²) in [6, 6.07) is 0. The molecule has 1 aromatic heterocycles. The molecule has 18 heavy (non-hydrogen) atoms. The van der Waals surface area contributed by atoms with E-state index in [1.54, 1.807) is 31.6 Å². The van der Waals surface area contributed by atoms with Crippen molar-refractivity contribution in [3.8, 4) is 0 Å². The Morgan fingerprint density at radius 2 is 2.06 bits per heavy atom. The average Bonchev–Trinajstić information content (AvgIpc) is 2.72. The van der Waals surface area contributed by atoms with Crippen LogP contribution >= 0.6 is 11.6 Å². The molecule has 0 spiro atoms. The molecule has 1 rings (SSSR count). The second-order valence-electron chi connectivity index (χ2n) is 5.34. The molecular weight excluding hydrogens is 272 g/mol. The molecule has 0 amide bonds. The second kappa shape index (κ2) is 5.61. The summed E-state index contributed by atoms with van der Waals surface area (Å²) in [4.78, 5) is 0. The lowest BCUT2D eigenvalue weighted by Gasteiger charge is -2.18. The number of sulfone groups is 1. The van der Waals surface area contributed by atoms with Crippen LogP contribution in [0.5, 0.6) is 0 Å². The highest BCUT2D eigenvalue weighted by Crippen LogP contribution is 2.23. The summed E-state index contributed by atoms with van der Waals surface area (Å²) in [7, 11) is -3.11. The van der Waals surface area contributed by atoms with Gasteiger partial charge in [0.05, 0.1) is 28.6 Å². The van der Waals surface area contributed by atoms with Gasteiger partial charge in [-0.25, -0.2) is 8.42 Å². The van der Waals surface area contributed by atoms with Gasteiger partial charge in [0.2, 0.25) is 0 Å². The highest BCUT2D eigenvalue weighted by Gasteiger charge is 2.28. The minimum Gasteiger partial charge on any atom is -0.271 e. The summed E-state index contributed by atoms with van der Waals surface area (Å²) < 4.78 is 24.8. The maximum atomic E-state index is 12.0. The zero-order chi connectivity index (χ0) is 14.0. The molecule has 0 saturated heterocycles. The molecule has 1 atom stereocenters. The van der Waals surface area contributed by atoms with Crippen molar-refractivity contribution in [3.63, 3.8) is 0 Å². The maximum Gasteiger partial charge on any atom is 0.157 e. The molecule has 0 bridgehead atoms. The van der Waals surface area contributed by atoms with Crippen LogP contribution in [0.15, 0.2) is 12.4 Å². The Bertz CT molecular complexity index is 488. The van der Waals surface area contributed by atoms with Crippen LogP contribution in [0, 0.1) is 0 Å². The number of nitrogens with zero attached hydrogens (tertiary/aromatic N) is 2. The van der Waals surface area contributed by atoms with Crippen molar-refractivity contribution in [2.45, 2.75) is 50.8 Å². The predicted molar refractivity (Wildman–Crippen MR) is 74.7 cm³/mol. The van der Waals surface area contributed by atoms with Gasteiger partial charge in [0.15, 0.2) is 9.84 Å². The Balaban J connectivity index is 2.68. The number of aryl methyl sites for hydroxylation is 1. The third kappa shape index (κ3) is 3.72. The third-order valence-corrected chi connectivity index (χ3v) is 6.04. The number of hydrogen-bond acceptors (Lipinski definition) is 3. The lowest BCUT2D eigenvalue weighted by atomic mass is 10.2. The van der Waals surface area contributed by atoms with Gasteiger partial charge < -0.3 is 0 Å². The molecule has 1 aromatic rings. The topological polar surface area (TPSA) is 52.0 Å². The summed E-state index contributed by atoms with van der Waals surface area (Å²) in [5.74, 6) is 0.0939. The first-order chi connectivity index (χ1) is 8.17. The lowest BCUT2D eigenvalue weighted by molar-refractivity contribution is 0.548. The third-order valence-electron chi connectivity index (χ3n) is 2.90. The summed E-state index contributed by atoms with van der Waals surface area (Å²) in [5, 5.41) is 4.08. The number of aromatic nitrogens is 2. The standard InChI is InChI=1S/C12H21ClN2O2S/c1-5-11(13)10-8-14-15(9-10)6-7-18(16,17)12(2,3)4/h8-9,11H,5-7H2,1-4H3. The van der Waals surface area contributed by atoms with Crippen LogP contribution in [0.2, 0.25) is 0 Å². The molecule has 0 saturated carbocycles. The van der Waals surface area contributed by atoms with Gasteiger partial charge in [0, 0.05) is 11.8 Å². The smallest absolute Gasteiger partial charge is 0.157 e. The monoisotopic (exact) mass is 292 g/mol. The Hall–Kier alpha value is -0.550. The fourth-order valence-corrected chi connectivity index (χ4v) is 2.57. The van der Waals surface area contributed by atoms with Gasteiger partial charge >= 0.3 is 0 Å². The number of alkyl halides is 1. The van der Waals surface area contributed by atoms with E-state index in [-0.39, 0.29) is 11.1 Å². The van der Waals surface area contributed by atoms with Gasteiger partial charge in [0.1, 0.15) is 0 Å². The summed E-state index contributed by atoms with van der Waals surface area (Å²) in [6.07, 6.45) is 4.34. The number of rotatable bonds is 5. The van der Waals surface area contributed by atoms with Crippen LogP contribution in [-0.4, -0.2) is 28.7 Å². The highest BCUT2D eigenvalue weighted by atomic mass is 35.5. The van der Waals surface area contributed by atoms with E-state index in [2.05, 4.69) is 5.10 Å². The fraction of sp³-hybridized carbons (Fsp3) is 0.750. The fourth-order valence-electron chi connectivity index (χ4n) is 1.42. The zero-order valence-electron chi connectivity index (χ0n) is 11.4. The van der Waals surface area contributed by atoms with E-state index < -0.39 is 14.6 Å². The Labute approximate surface area is 114 Å². The van der Waals surface area contributed by atoms with Crippen LogP contribution in [0.4, 0.5) is 0 Å². The minimum absolute atomic E-state index is 0.0574. The quantitative estimate of drug-likeness (QED) is 0.784. The molecule has 1 heterocycles. The molecule has 0 radical (unpaired) electrons. The first-order valence-corrected chi connectivity index (χ1v) is 8.15. The van der Waals surface area contributed by atoms with E-state index in [9.17, 15) is 8.42 Å². The molecule has 0 aliphatic carbocycles. The van der Waals surface area contributed by atoms with Crippen LogP contribution in [0.25, 0.3) is 0 Å². The minimum atomic E-state index is -3.11. The molecule has 0 N–H and O–H groups in total. The van der Waals surface area contributed by atoms with E-state index in [1.165, 1.54) is 0 Å². The Morgan fingerprint density at radius 1 is 1.44 bits per heavy atom. The van der Waals surface area contributed by atoms with Gasteiger partial charge in [0.25, 0.3) is 0 Å². The van der Waals surface area contributed by atoms with Crippen LogP contribution in [-0.2, 0) is 16.4 Å². The Kier molecular flexibility index (Phi) is 4.84. The van der Waals surface area contributed by atoms with Crippen molar-refractivity contribution in [2.24, 2.45) is 0 Å². The molecule has 0 aliphatic rings. The summed E-state index contributed by atoms with van der Waals surface area (Å²) in [6.45, 7) is 7.50. The van der Waals surface area contributed by atoms with Gasteiger partial charge in [-0.1, -0.05) is 6.92 Å². The van der Waals surface area contributed by atoms with E-state index in [0.717, 1.165) is 12.0 Å². The van der Waals surface area contributed by atoms with Gasteiger partial charge in [-0.2, -0.15) is 5.10 Å². The van der Waals surface area contributed by atoms with Crippen LogP contribution < -0.4 is 0 Å². The number of halogens is 1. The van der Waals surface area contributed by atoms with E-state index in [0.29, 0.717) is 6.54 Å². The second-order valence-corrected chi connectivity index (χ2v) is 8.73. The SMILES string of the molecule is CCC(Cl)c1cnn(CCS(=O)(=O)C(C)(C)C)c1. The normalized spacial score (nSPS) is 14.7.